The van der Waals surface area contributed by atoms with Gasteiger partial charge >= 0.3 is 5.97 Å². The van der Waals surface area contributed by atoms with Gasteiger partial charge in [0.05, 0.1) is 0 Å². The third kappa shape index (κ3) is 1.79. The van der Waals surface area contributed by atoms with Gasteiger partial charge in [0.15, 0.2) is 0 Å². The van der Waals surface area contributed by atoms with Crippen LogP contribution in [-0.2, 0) is 4.79 Å². The van der Waals surface area contributed by atoms with E-state index in [2.05, 4.69) is 15.9 Å². The van der Waals surface area contributed by atoms with Crippen LogP contribution in [0.1, 0.15) is 24.3 Å². The van der Waals surface area contributed by atoms with Crippen molar-refractivity contribution in [3.63, 3.8) is 0 Å². The first kappa shape index (κ1) is 10.6. The van der Waals surface area contributed by atoms with E-state index < -0.39 is 11.5 Å². The highest BCUT2D eigenvalue weighted by molar-refractivity contribution is 9.10. The lowest BCUT2D eigenvalue weighted by atomic mass is 9.66. The number of aliphatic carboxylic acids is 1. The zero-order valence-electron chi connectivity index (χ0n) is 8.11. The number of halogens is 1. The summed E-state index contributed by atoms with van der Waals surface area (Å²) in [6, 6.07) is 7.87. The minimum atomic E-state index is -1.01. The Morgan fingerprint density at radius 3 is 2.60 bits per heavy atom. The number of benzene rings is 1. The summed E-state index contributed by atoms with van der Waals surface area (Å²) in [5, 5.41) is 8.89. The Bertz CT molecular complexity index is 399. The van der Waals surface area contributed by atoms with Gasteiger partial charge in [-0.3, -0.25) is 4.79 Å². The lowest BCUT2D eigenvalue weighted by molar-refractivity contribution is -0.147. The van der Waals surface area contributed by atoms with Crippen LogP contribution < -0.4 is 5.73 Å². The molecule has 0 unspecified atom stereocenters. The maximum atomic E-state index is 10.8. The van der Waals surface area contributed by atoms with Crippen molar-refractivity contribution in [3.05, 3.63) is 34.3 Å². The number of nitrogens with two attached hydrogens (primary N) is 1. The Morgan fingerprint density at radius 2 is 2.07 bits per heavy atom. The van der Waals surface area contributed by atoms with Crippen LogP contribution in [0.3, 0.4) is 0 Å². The molecule has 15 heavy (non-hydrogen) atoms. The molecule has 0 atom stereocenters. The van der Waals surface area contributed by atoms with Gasteiger partial charge < -0.3 is 10.8 Å². The van der Waals surface area contributed by atoms with Crippen LogP contribution in [0.2, 0.25) is 0 Å². The largest absolute Gasteiger partial charge is 0.480 e. The molecule has 1 aliphatic carbocycles. The van der Waals surface area contributed by atoms with Crippen LogP contribution in [0.25, 0.3) is 0 Å². The Morgan fingerprint density at radius 1 is 1.47 bits per heavy atom. The second-order valence-corrected chi connectivity index (χ2v) is 4.94. The predicted molar refractivity (Wildman–Crippen MR) is 60.7 cm³/mol. The van der Waals surface area contributed by atoms with E-state index >= 15 is 0 Å². The van der Waals surface area contributed by atoms with E-state index in [9.17, 15) is 4.79 Å². The molecule has 1 fully saturated rings. The Kier molecular flexibility index (Phi) is 2.56. The monoisotopic (exact) mass is 269 g/mol. The zero-order valence-corrected chi connectivity index (χ0v) is 9.70. The topological polar surface area (TPSA) is 63.3 Å². The number of carbonyl (C=O) groups is 1. The average molecular weight is 270 g/mol. The summed E-state index contributed by atoms with van der Waals surface area (Å²) in [5.74, 6) is -0.632. The van der Waals surface area contributed by atoms with Crippen LogP contribution in [-0.4, -0.2) is 16.6 Å². The second-order valence-electron chi connectivity index (χ2n) is 4.09. The molecule has 3 N–H and O–H groups in total. The minimum Gasteiger partial charge on any atom is -0.480 e. The summed E-state index contributed by atoms with van der Waals surface area (Å²) >= 11 is 3.46. The van der Waals surface area contributed by atoms with Gasteiger partial charge in [0.2, 0.25) is 0 Å². The molecular weight excluding hydrogens is 258 g/mol. The molecule has 80 valence electrons. The third-order valence-electron chi connectivity index (χ3n) is 2.99. The van der Waals surface area contributed by atoms with Gasteiger partial charge in [0.25, 0.3) is 0 Å². The van der Waals surface area contributed by atoms with Crippen LogP contribution in [0.5, 0.6) is 0 Å². The smallest absolute Gasteiger partial charge is 0.323 e. The van der Waals surface area contributed by atoms with Gasteiger partial charge in [-0.25, -0.2) is 0 Å². The summed E-state index contributed by atoms with van der Waals surface area (Å²) in [7, 11) is 0. The van der Waals surface area contributed by atoms with Crippen molar-refractivity contribution in [3.8, 4) is 0 Å². The zero-order chi connectivity index (χ0) is 11.1. The quantitative estimate of drug-likeness (QED) is 0.865. The van der Waals surface area contributed by atoms with Gasteiger partial charge in [-0.2, -0.15) is 0 Å². The Hall–Kier alpha value is -0.870. The summed E-state index contributed by atoms with van der Waals surface area (Å²) in [6.45, 7) is 0. The van der Waals surface area contributed by atoms with E-state index in [1.54, 1.807) is 0 Å². The molecule has 0 amide bonds. The first-order chi connectivity index (χ1) is 7.03. The fraction of sp³-hybridized carbons (Fsp3) is 0.364. The van der Waals surface area contributed by atoms with E-state index in [0.717, 1.165) is 10.0 Å². The van der Waals surface area contributed by atoms with Gasteiger partial charge in [-0.1, -0.05) is 34.1 Å². The molecule has 2 rings (SSSR count). The summed E-state index contributed by atoms with van der Waals surface area (Å²) in [5.41, 5.74) is 5.85. The second kappa shape index (κ2) is 3.61. The molecule has 1 aliphatic rings. The third-order valence-corrected chi connectivity index (χ3v) is 3.71. The van der Waals surface area contributed by atoms with Crippen molar-refractivity contribution >= 4 is 21.9 Å². The number of carboxylic acid groups (broad SMARTS) is 1. The van der Waals surface area contributed by atoms with Crippen molar-refractivity contribution < 1.29 is 9.90 Å². The average Bonchev–Trinajstić information content (AvgIpc) is 2.14. The highest BCUT2D eigenvalue weighted by Crippen LogP contribution is 2.45. The van der Waals surface area contributed by atoms with Gasteiger partial charge in [0.1, 0.15) is 5.54 Å². The molecule has 0 aliphatic heterocycles. The molecule has 3 nitrogen and oxygen atoms in total. The molecule has 0 heterocycles. The molecule has 0 aromatic heterocycles. The summed E-state index contributed by atoms with van der Waals surface area (Å²) in [6.07, 6.45) is 1.04. The van der Waals surface area contributed by atoms with E-state index in [0.29, 0.717) is 12.8 Å². The highest BCUT2D eigenvalue weighted by Gasteiger charge is 2.48. The van der Waals surface area contributed by atoms with Crippen molar-refractivity contribution in [2.45, 2.75) is 24.3 Å². The highest BCUT2D eigenvalue weighted by atomic mass is 79.9. The number of hydrogen-bond acceptors (Lipinski definition) is 2. The lowest BCUT2D eigenvalue weighted by Gasteiger charge is -2.41. The first-order valence-electron chi connectivity index (χ1n) is 4.80. The van der Waals surface area contributed by atoms with Crippen molar-refractivity contribution in [2.24, 2.45) is 5.73 Å². The van der Waals surface area contributed by atoms with E-state index in [1.165, 1.54) is 0 Å². The predicted octanol–water partition coefficient (Wildman–Crippen LogP) is 2.11. The van der Waals surface area contributed by atoms with E-state index in [1.807, 2.05) is 24.3 Å². The normalized spacial score (nSPS) is 29.6. The fourth-order valence-corrected chi connectivity index (χ4v) is 2.63. The standard InChI is InChI=1S/C11H12BrNO2/c12-9-4-2-1-3-8(9)7-5-11(13,6-7)10(14)15/h1-4,7H,5-6,13H2,(H,14,15). The molecule has 1 aromatic rings. The molecule has 4 heteroatoms. The van der Waals surface area contributed by atoms with Crippen molar-refractivity contribution in [1.82, 2.24) is 0 Å². The Labute approximate surface area is 96.4 Å². The van der Waals surface area contributed by atoms with Gasteiger partial charge in [-0.05, 0) is 30.4 Å². The van der Waals surface area contributed by atoms with Crippen LogP contribution in [0.4, 0.5) is 0 Å². The molecule has 1 saturated carbocycles. The van der Waals surface area contributed by atoms with Gasteiger partial charge in [0, 0.05) is 4.47 Å². The number of carboxylic acids is 1. The van der Waals surface area contributed by atoms with E-state index in [-0.39, 0.29) is 5.92 Å². The molecule has 0 spiro atoms. The molecule has 0 radical (unpaired) electrons. The Balaban J connectivity index is 2.13. The van der Waals surface area contributed by atoms with Crippen molar-refractivity contribution in [1.29, 1.82) is 0 Å². The van der Waals surface area contributed by atoms with Crippen LogP contribution >= 0.6 is 15.9 Å². The maximum absolute atomic E-state index is 10.8. The summed E-state index contributed by atoms with van der Waals surface area (Å²) < 4.78 is 1.03. The maximum Gasteiger partial charge on any atom is 0.323 e. The summed E-state index contributed by atoms with van der Waals surface area (Å²) in [4.78, 5) is 10.8. The van der Waals surface area contributed by atoms with Crippen molar-refractivity contribution in [2.75, 3.05) is 0 Å². The van der Waals surface area contributed by atoms with E-state index in [4.69, 9.17) is 10.8 Å². The molecule has 1 aromatic carbocycles. The SMILES string of the molecule is NC1(C(=O)O)CC(c2ccccc2Br)C1. The fourth-order valence-electron chi connectivity index (χ4n) is 2.02. The molecule has 0 saturated heterocycles. The van der Waals surface area contributed by atoms with Crippen LogP contribution in [0.15, 0.2) is 28.7 Å². The molecule has 0 bridgehead atoms. The molecular formula is C11H12BrNO2. The first-order valence-corrected chi connectivity index (χ1v) is 5.59. The van der Waals surface area contributed by atoms with Crippen LogP contribution in [0, 0.1) is 0 Å². The number of hydrogen-bond donors (Lipinski definition) is 2. The van der Waals surface area contributed by atoms with Gasteiger partial charge in [-0.15, -0.1) is 0 Å². The minimum absolute atomic E-state index is 0.265. The number of rotatable bonds is 2. The lowest BCUT2D eigenvalue weighted by Crippen LogP contribution is -2.57.